The van der Waals surface area contributed by atoms with Crippen molar-refractivity contribution in [2.45, 2.75) is 19.4 Å². The van der Waals surface area contributed by atoms with Gasteiger partial charge in [-0.3, -0.25) is 4.79 Å². The monoisotopic (exact) mass is 274 g/mol. The second-order valence-corrected chi connectivity index (χ2v) is 5.31. The van der Waals surface area contributed by atoms with E-state index in [4.69, 9.17) is 4.74 Å². The van der Waals surface area contributed by atoms with Crippen molar-refractivity contribution in [3.8, 4) is 0 Å². The summed E-state index contributed by atoms with van der Waals surface area (Å²) in [4.78, 5) is 12.8. The molecule has 1 aliphatic rings. The van der Waals surface area contributed by atoms with Crippen LogP contribution in [0.4, 0.5) is 0 Å². The lowest BCUT2D eigenvalue weighted by atomic mass is 10.0. The van der Waals surface area contributed by atoms with Gasteiger partial charge < -0.3 is 4.74 Å². The van der Waals surface area contributed by atoms with Gasteiger partial charge >= 0.3 is 0 Å². The summed E-state index contributed by atoms with van der Waals surface area (Å²) >= 11 is 4.87. The van der Waals surface area contributed by atoms with E-state index >= 15 is 0 Å². The first-order valence-electron chi connectivity index (χ1n) is 4.57. The Morgan fingerprint density at radius 1 is 1.71 bits per heavy atom. The van der Waals surface area contributed by atoms with Crippen LogP contribution in [-0.2, 0) is 4.74 Å². The predicted molar refractivity (Wildman–Crippen MR) is 59.9 cm³/mol. The fourth-order valence-electron chi connectivity index (χ4n) is 1.65. The first-order chi connectivity index (χ1) is 6.68. The number of hydrogen-bond acceptors (Lipinski definition) is 3. The van der Waals surface area contributed by atoms with Gasteiger partial charge in [-0.25, -0.2) is 0 Å². The minimum absolute atomic E-state index is 0.0555. The maximum Gasteiger partial charge on any atom is 0.179 e. The summed E-state index contributed by atoms with van der Waals surface area (Å²) in [6.07, 6.45) is 1.08. The van der Waals surface area contributed by atoms with Gasteiger partial charge in [0.05, 0.1) is 17.6 Å². The number of Topliss-reactive ketones (excluding diaryl/α,β-unsaturated/α-hetero) is 1. The van der Waals surface area contributed by atoms with Crippen LogP contribution in [0.2, 0.25) is 0 Å². The van der Waals surface area contributed by atoms with Crippen molar-refractivity contribution in [3.63, 3.8) is 0 Å². The molecule has 2 rings (SSSR count). The van der Waals surface area contributed by atoms with Crippen LogP contribution in [-0.4, -0.2) is 18.5 Å². The molecule has 2 atom stereocenters. The van der Waals surface area contributed by atoms with Gasteiger partial charge in [-0.1, -0.05) is 0 Å². The molecule has 0 aromatic carbocycles. The third-order valence-corrected chi connectivity index (χ3v) is 4.26. The summed E-state index contributed by atoms with van der Waals surface area (Å²) < 4.78 is 6.30. The van der Waals surface area contributed by atoms with Crippen LogP contribution < -0.4 is 0 Å². The molecule has 0 spiro atoms. The number of hydrogen-bond donors (Lipinski definition) is 0. The Kier molecular flexibility index (Phi) is 3.04. The highest BCUT2D eigenvalue weighted by Gasteiger charge is 2.30. The first-order valence-corrected chi connectivity index (χ1v) is 6.24. The van der Waals surface area contributed by atoms with E-state index in [2.05, 4.69) is 15.9 Å². The van der Waals surface area contributed by atoms with Crippen LogP contribution in [0.3, 0.4) is 0 Å². The minimum atomic E-state index is 0.0555. The Balaban J connectivity index is 2.13. The molecule has 2 heterocycles. The summed E-state index contributed by atoms with van der Waals surface area (Å²) in [6, 6.07) is 1.91. The highest BCUT2D eigenvalue weighted by atomic mass is 79.9. The molecule has 0 radical (unpaired) electrons. The standard InChI is InChI=1S/C10H11BrO2S/c1-6-4-7(5-13-6)9(12)10-8(11)2-3-14-10/h2-3,6-7H,4-5H2,1H3. The number of halogens is 1. The SMILES string of the molecule is CC1CC(C(=O)c2sccc2Br)CO1. The molecule has 2 nitrogen and oxygen atoms in total. The lowest BCUT2D eigenvalue weighted by molar-refractivity contribution is 0.0881. The summed E-state index contributed by atoms with van der Waals surface area (Å²) in [5.74, 6) is 0.274. The third-order valence-electron chi connectivity index (χ3n) is 2.41. The van der Waals surface area contributed by atoms with Crippen LogP contribution in [0.1, 0.15) is 23.0 Å². The van der Waals surface area contributed by atoms with Crippen molar-refractivity contribution in [3.05, 3.63) is 20.8 Å². The first kappa shape index (κ1) is 10.3. The molecule has 1 aromatic rings. The molecule has 0 saturated carbocycles. The molecule has 1 aliphatic heterocycles. The Morgan fingerprint density at radius 3 is 3.00 bits per heavy atom. The molecule has 0 amide bonds. The Morgan fingerprint density at radius 2 is 2.50 bits per heavy atom. The van der Waals surface area contributed by atoms with E-state index in [1.165, 1.54) is 11.3 Å². The number of ketones is 1. The summed E-state index contributed by atoms with van der Waals surface area (Å²) in [5, 5.41) is 1.93. The van der Waals surface area contributed by atoms with Gasteiger partial charge in [-0.2, -0.15) is 0 Å². The highest BCUT2D eigenvalue weighted by Crippen LogP contribution is 2.29. The van der Waals surface area contributed by atoms with Crippen molar-refractivity contribution >= 4 is 33.0 Å². The molecular weight excluding hydrogens is 264 g/mol. The summed E-state index contributed by atoms with van der Waals surface area (Å²) in [7, 11) is 0. The minimum Gasteiger partial charge on any atom is -0.378 e. The zero-order valence-electron chi connectivity index (χ0n) is 7.83. The van der Waals surface area contributed by atoms with Crippen molar-refractivity contribution in [2.24, 2.45) is 5.92 Å². The second-order valence-electron chi connectivity index (χ2n) is 3.54. The maximum atomic E-state index is 12.0. The molecule has 0 bridgehead atoms. The third kappa shape index (κ3) is 1.92. The Hall–Kier alpha value is -0.190. The van der Waals surface area contributed by atoms with Crippen LogP contribution in [0, 0.1) is 5.92 Å². The van der Waals surface area contributed by atoms with Gasteiger partial charge in [-0.05, 0) is 40.7 Å². The molecule has 0 N–H and O–H groups in total. The lowest BCUT2D eigenvalue weighted by Gasteiger charge is -2.04. The Labute approximate surface area is 95.4 Å². The summed E-state index contributed by atoms with van der Waals surface area (Å²) in [6.45, 7) is 2.58. The van der Waals surface area contributed by atoms with Crippen molar-refractivity contribution in [1.82, 2.24) is 0 Å². The molecule has 0 aliphatic carbocycles. The quantitative estimate of drug-likeness (QED) is 0.775. The maximum absolute atomic E-state index is 12.0. The van der Waals surface area contributed by atoms with Gasteiger partial charge in [0.25, 0.3) is 0 Å². The number of ether oxygens (including phenoxy) is 1. The van der Waals surface area contributed by atoms with Crippen LogP contribution >= 0.6 is 27.3 Å². The molecule has 4 heteroatoms. The molecular formula is C10H11BrO2S. The van der Waals surface area contributed by atoms with Crippen LogP contribution in [0.15, 0.2) is 15.9 Å². The van der Waals surface area contributed by atoms with Crippen molar-refractivity contribution in [2.75, 3.05) is 6.61 Å². The largest absolute Gasteiger partial charge is 0.378 e. The van der Waals surface area contributed by atoms with Gasteiger partial charge in [0.2, 0.25) is 0 Å². The normalized spacial score (nSPS) is 26.7. The lowest BCUT2D eigenvalue weighted by Crippen LogP contribution is -2.13. The fraction of sp³-hybridized carbons (Fsp3) is 0.500. The molecule has 76 valence electrons. The van der Waals surface area contributed by atoms with Crippen LogP contribution in [0.25, 0.3) is 0 Å². The van der Waals surface area contributed by atoms with E-state index in [0.29, 0.717) is 6.61 Å². The number of carbonyl (C=O) groups excluding carboxylic acids is 1. The van der Waals surface area contributed by atoms with E-state index in [1.54, 1.807) is 0 Å². The fourth-order valence-corrected chi connectivity index (χ4v) is 3.24. The smallest absolute Gasteiger partial charge is 0.179 e. The Bertz CT molecular complexity index is 348. The number of carbonyl (C=O) groups is 1. The van der Waals surface area contributed by atoms with Gasteiger partial charge in [0, 0.05) is 10.4 Å². The van der Waals surface area contributed by atoms with Crippen molar-refractivity contribution < 1.29 is 9.53 Å². The zero-order chi connectivity index (χ0) is 10.1. The zero-order valence-corrected chi connectivity index (χ0v) is 10.2. The van der Waals surface area contributed by atoms with Crippen LogP contribution in [0.5, 0.6) is 0 Å². The van der Waals surface area contributed by atoms with Gasteiger partial charge in [0.1, 0.15) is 0 Å². The topological polar surface area (TPSA) is 26.3 Å². The van der Waals surface area contributed by atoms with Crippen molar-refractivity contribution in [1.29, 1.82) is 0 Å². The van der Waals surface area contributed by atoms with E-state index in [0.717, 1.165) is 15.8 Å². The van der Waals surface area contributed by atoms with E-state index < -0.39 is 0 Å². The molecule has 2 unspecified atom stereocenters. The average molecular weight is 275 g/mol. The molecule has 1 fully saturated rings. The molecule has 1 aromatic heterocycles. The second kappa shape index (κ2) is 4.13. The van der Waals surface area contributed by atoms with E-state index in [9.17, 15) is 4.79 Å². The van der Waals surface area contributed by atoms with E-state index in [-0.39, 0.29) is 17.8 Å². The summed E-state index contributed by atoms with van der Waals surface area (Å²) in [5.41, 5.74) is 0. The van der Waals surface area contributed by atoms with Gasteiger partial charge in [-0.15, -0.1) is 11.3 Å². The average Bonchev–Trinajstić information content (AvgIpc) is 2.73. The molecule has 1 saturated heterocycles. The van der Waals surface area contributed by atoms with E-state index in [1.807, 2.05) is 18.4 Å². The number of thiophene rings is 1. The highest BCUT2D eigenvalue weighted by molar-refractivity contribution is 9.10. The molecule has 14 heavy (non-hydrogen) atoms. The number of rotatable bonds is 2. The van der Waals surface area contributed by atoms with Gasteiger partial charge in [0.15, 0.2) is 5.78 Å². The predicted octanol–water partition coefficient (Wildman–Crippen LogP) is 3.12.